The Kier molecular flexibility index (Phi) is 1.21. The van der Waals surface area contributed by atoms with Crippen LogP contribution in [0.2, 0.25) is 0 Å². The summed E-state index contributed by atoms with van der Waals surface area (Å²) >= 11 is 0. The fourth-order valence-electron chi connectivity index (χ4n) is 4.13. The normalized spacial score (nSPS) is 60.5. The number of aliphatic hydroxyl groups is 1. The van der Waals surface area contributed by atoms with Crippen LogP contribution in [0.3, 0.4) is 0 Å². The second-order valence-corrected chi connectivity index (χ2v) is 6.05. The molecule has 2 bridgehead atoms. The third-order valence-corrected chi connectivity index (χ3v) is 5.11. The van der Waals surface area contributed by atoms with Gasteiger partial charge in [-0.15, -0.1) is 0 Å². The summed E-state index contributed by atoms with van der Waals surface area (Å²) in [5, 5.41) is 10.9. The third kappa shape index (κ3) is 1.28. The lowest BCUT2D eigenvalue weighted by molar-refractivity contribution is -0.0453. The number of nitrogens with zero attached hydrogens (tertiary/aromatic N) is 1. The smallest absolute Gasteiger partial charge is 0.165 e. The molecule has 1 aromatic carbocycles. The van der Waals surface area contributed by atoms with Gasteiger partial charge in [0.1, 0.15) is 12.2 Å². The summed E-state index contributed by atoms with van der Waals surface area (Å²) in [7, 11) is -1.43. The minimum atomic E-state index is -3.05. The van der Waals surface area contributed by atoms with Gasteiger partial charge in [-0.3, -0.25) is 0 Å². The number of piperidine rings is 1. The Hall–Kier alpha value is -1.52. The van der Waals surface area contributed by atoms with E-state index >= 15 is 0 Å². The summed E-state index contributed by atoms with van der Waals surface area (Å²) in [5.74, 6) is -3.05. The topological polar surface area (TPSA) is 41.9 Å². The first-order valence-corrected chi connectivity index (χ1v) is 7.15. The average Bonchev–Trinajstić information content (AvgIpc) is 2.90. The van der Waals surface area contributed by atoms with Crippen molar-refractivity contribution in [2.45, 2.75) is 36.4 Å². The lowest BCUT2D eigenvalue weighted by Crippen LogP contribution is -2.64. The van der Waals surface area contributed by atoms with Crippen molar-refractivity contribution in [1.29, 1.82) is 0 Å². The van der Waals surface area contributed by atoms with Gasteiger partial charge >= 0.3 is 0 Å². The maximum atomic E-state index is 10.9. The minimum Gasteiger partial charge on any atom is -0.493 e. The average molecular weight is 309 g/mol. The van der Waals surface area contributed by atoms with Crippen molar-refractivity contribution >= 4 is 0 Å². The molecule has 0 amide bonds. The van der Waals surface area contributed by atoms with E-state index in [0.29, 0.717) is 0 Å². The Labute approximate surface area is 144 Å². The molecule has 1 saturated heterocycles. The van der Waals surface area contributed by atoms with Gasteiger partial charge in [0.25, 0.3) is 0 Å². The molecule has 4 nitrogen and oxygen atoms in total. The molecule has 4 aliphatic rings. The van der Waals surface area contributed by atoms with Gasteiger partial charge in [0.05, 0.1) is 16.6 Å². The quantitative estimate of drug-likeness (QED) is 0.798. The molecule has 1 aromatic rings. The zero-order chi connectivity index (χ0) is 23.9. The van der Waals surface area contributed by atoms with Crippen LogP contribution < -0.4 is 9.47 Å². The van der Waals surface area contributed by atoms with Crippen LogP contribution in [0.4, 0.5) is 0 Å². The van der Waals surface area contributed by atoms with Crippen LogP contribution >= 0.6 is 0 Å². The lowest BCUT2D eigenvalue weighted by atomic mass is 9.53. The molecule has 22 heavy (non-hydrogen) atoms. The maximum absolute atomic E-state index is 10.9. The second-order valence-electron chi connectivity index (χ2n) is 6.05. The van der Waals surface area contributed by atoms with Crippen molar-refractivity contribution < 1.29 is 28.3 Å². The molecule has 2 aliphatic carbocycles. The standard InChI is InChI=1S/C18H21NO3/c1-19-8-7-18-11-4-5-13(20)17(18)22-16-14(21-2)6-3-10(15(16)18)9-12(11)19/h3-6,11-13,17,20H,7-9H2,1-2H3/t11-,12+,13?,17?,18-/m0/s1/i2D3,3D,6D,9D2,11D,13D,17D. The van der Waals surface area contributed by atoms with Crippen LogP contribution in [0.25, 0.3) is 0 Å². The predicted molar refractivity (Wildman–Crippen MR) is 82.5 cm³/mol. The van der Waals surface area contributed by atoms with Crippen LogP contribution in [-0.2, 0) is 11.8 Å². The number of benzene rings is 1. The van der Waals surface area contributed by atoms with Crippen molar-refractivity contribution in [3.05, 3.63) is 35.4 Å². The van der Waals surface area contributed by atoms with Crippen LogP contribution in [0, 0.1) is 5.89 Å². The predicted octanol–water partition coefficient (Wildman–Crippen LogP) is 1.50. The molecule has 0 aromatic heterocycles. The molecule has 2 unspecified atom stereocenters. The van der Waals surface area contributed by atoms with Crippen LogP contribution in [0.5, 0.6) is 11.5 Å². The number of likely N-dealkylation sites (N-methyl/N-ethyl adjacent to an activating group) is 1. The number of likely N-dealkylation sites (tertiary alicyclic amines) is 1. The minimum absolute atomic E-state index is 0.00138. The first kappa shape index (κ1) is 6.54. The van der Waals surface area contributed by atoms with Gasteiger partial charge in [0.15, 0.2) is 11.5 Å². The van der Waals surface area contributed by atoms with Crippen LogP contribution in [-0.4, -0.2) is 48.8 Å². The van der Waals surface area contributed by atoms with Gasteiger partial charge in [0.2, 0.25) is 0 Å². The molecule has 5 rings (SSSR count). The number of methoxy groups -OCH3 is 1. The zero-order valence-corrected chi connectivity index (χ0v) is 11.9. The highest BCUT2D eigenvalue weighted by atomic mass is 16.5. The van der Waals surface area contributed by atoms with E-state index in [1.165, 1.54) is 6.08 Å². The molecule has 0 saturated carbocycles. The number of ether oxygens (including phenoxy) is 2. The summed E-state index contributed by atoms with van der Waals surface area (Å²) in [5.41, 5.74) is -2.24. The summed E-state index contributed by atoms with van der Waals surface area (Å²) < 4.78 is 94.9. The number of hydrogen-bond donors (Lipinski definition) is 1. The summed E-state index contributed by atoms with van der Waals surface area (Å²) in [6.07, 6.45) is -5.48. The van der Waals surface area contributed by atoms with Gasteiger partial charge in [-0.05, 0) is 38.0 Å². The maximum Gasteiger partial charge on any atom is 0.165 e. The van der Waals surface area contributed by atoms with E-state index in [1.807, 2.05) is 0 Å². The van der Waals surface area contributed by atoms with E-state index in [-0.39, 0.29) is 24.1 Å². The molecule has 116 valence electrons. The van der Waals surface area contributed by atoms with E-state index in [0.717, 1.165) is 6.08 Å². The molecule has 2 aliphatic heterocycles. The van der Waals surface area contributed by atoms with Gasteiger partial charge < -0.3 is 19.5 Å². The van der Waals surface area contributed by atoms with Crippen molar-refractivity contribution in [1.82, 2.24) is 4.90 Å². The second kappa shape index (κ2) is 4.06. The van der Waals surface area contributed by atoms with Gasteiger partial charge in [-0.1, -0.05) is 18.2 Å². The first-order valence-electron chi connectivity index (χ1n) is 12.2. The van der Waals surface area contributed by atoms with Crippen molar-refractivity contribution in [2.75, 3.05) is 20.6 Å². The van der Waals surface area contributed by atoms with Crippen molar-refractivity contribution in [3.8, 4) is 11.5 Å². The number of rotatable bonds is 1. The molecular formula is C18H21NO3. The molecule has 1 spiro atoms. The third-order valence-electron chi connectivity index (χ3n) is 5.11. The van der Waals surface area contributed by atoms with Crippen LogP contribution in [0.15, 0.2) is 24.2 Å². The largest absolute Gasteiger partial charge is 0.493 e. The highest BCUT2D eigenvalue weighted by Crippen LogP contribution is 2.62. The molecule has 0 radical (unpaired) electrons. The SMILES string of the molecule is [2H]c1c([2H])c2c3c(c1OC([2H])([2H])[2H])OC1([2H])C([2H])(O)C=C[C@@]4([2H])[C@H](N(C)CC[C@]314)C2([2H])[2H]. The molecule has 2 heterocycles. The van der Waals surface area contributed by atoms with Gasteiger partial charge in [-0.2, -0.15) is 0 Å². The molecule has 4 heteroatoms. The number of hydrogen-bond acceptors (Lipinski definition) is 4. The van der Waals surface area contributed by atoms with Gasteiger partial charge in [-0.25, -0.2) is 0 Å². The lowest BCUT2D eigenvalue weighted by Gasteiger charge is -2.56. The van der Waals surface area contributed by atoms with E-state index in [1.54, 1.807) is 11.9 Å². The van der Waals surface area contributed by atoms with E-state index in [9.17, 15) is 6.48 Å². The Morgan fingerprint density at radius 1 is 1.59 bits per heavy atom. The monoisotopic (exact) mass is 309 g/mol. The summed E-state index contributed by atoms with van der Waals surface area (Å²) in [6.45, 7) is 0.197. The van der Waals surface area contributed by atoms with E-state index < -0.39 is 66.5 Å². The van der Waals surface area contributed by atoms with E-state index in [4.69, 9.17) is 21.8 Å². The fourth-order valence-corrected chi connectivity index (χ4v) is 4.13. The van der Waals surface area contributed by atoms with Gasteiger partial charge in [0, 0.05) is 27.0 Å². The zero-order valence-electron chi connectivity index (χ0n) is 21.9. The summed E-state index contributed by atoms with van der Waals surface area (Å²) in [4.78, 5) is 1.61. The molecular weight excluding hydrogens is 278 g/mol. The highest BCUT2D eigenvalue weighted by Gasteiger charge is 2.64. The summed E-state index contributed by atoms with van der Waals surface area (Å²) in [6, 6.07) is -2.59. The Bertz CT molecular complexity index is 1090. The fraction of sp³-hybridized carbons (Fsp3) is 0.556. The highest BCUT2D eigenvalue weighted by molar-refractivity contribution is 5.62. The Morgan fingerprint density at radius 2 is 2.50 bits per heavy atom. The Balaban J connectivity index is 1.99. The molecule has 1 fully saturated rings. The molecule has 1 N–H and O–H groups in total. The van der Waals surface area contributed by atoms with Crippen molar-refractivity contribution in [3.63, 3.8) is 0 Å². The van der Waals surface area contributed by atoms with Crippen LogP contribution in [0.1, 0.15) is 31.3 Å². The first-order chi connectivity index (χ1) is 14.5. The van der Waals surface area contributed by atoms with Crippen molar-refractivity contribution in [2.24, 2.45) is 5.89 Å². The Morgan fingerprint density at radius 3 is 3.36 bits per heavy atom. The molecule has 5 atom stereocenters. The van der Waals surface area contributed by atoms with E-state index in [2.05, 4.69) is 0 Å².